The molecule has 0 bridgehead atoms. The molecule has 3 nitrogen and oxygen atoms in total. The number of nitrogen functional groups attached to an aromatic ring is 1. The summed E-state index contributed by atoms with van der Waals surface area (Å²) in [5, 5.41) is 2.91. The zero-order valence-corrected chi connectivity index (χ0v) is 11.1. The average Bonchev–Trinajstić information content (AvgIpc) is 2.29. The van der Waals surface area contributed by atoms with E-state index in [9.17, 15) is 4.79 Å². The van der Waals surface area contributed by atoms with Gasteiger partial charge in [0.15, 0.2) is 0 Å². The second kappa shape index (κ2) is 5.21. The fourth-order valence-corrected chi connectivity index (χ4v) is 1.46. The Morgan fingerprint density at radius 1 is 1.35 bits per heavy atom. The normalized spacial score (nSPS) is 11.3. The van der Waals surface area contributed by atoms with Crippen molar-refractivity contribution in [3.63, 3.8) is 0 Å². The highest BCUT2D eigenvalue weighted by molar-refractivity contribution is 5.95. The number of hydrogen-bond acceptors (Lipinski definition) is 2. The van der Waals surface area contributed by atoms with Crippen molar-refractivity contribution in [3.8, 4) is 0 Å². The van der Waals surface area contributed by atoms with Crippen molar-refractivity contribution >= 4 is 17.3 Å². The van der Waals surface area contributed by atoms with Gasteiger partial charge in [0.1, 0.15) is 0 Å². The Kier molecular flexibility index (Phi) is 4.16. The van der Waals surface area contributed by atoms with E-state index < -0.39 is 0 Å². The third-order valence-electron chi connectivity index (χ3n) is 3.28. The second-order valence-corrected chi connectivity index (χ2v) is 4.96. The number of nitrogens with two attached hydrogens (primary N) is 1. The molecular weight excluding hydrogens is 212 g/mol. The van der Waals surface area contributed by atoms with Crippen molar-refractivity contribution < 1.29 is 4.79 Å². The minimum absolute atomic E-state index is 0.0312. The molecule has 0 radical (unpaired) electrons. The first kappa shape index (κ1) is 13.6. The van der Waals surface area contributed by atoms with Crippen LogP contribution in [0.3, 0.4) is 0 Å². The Morgan fingerprint density at radius 2 is 2.00 bits per heavy atom. The fourth-order valence-electron chi connectivity index (χ4n) is 1.46. The largest absolute Gasteiger partial charge is 0.398 e. The third-order valence-corrected chi connectivity index (χ3v) is 3.28. The lowest BCUT2D eigenvalue weighted by molar-refractivity contribution is -0.124. The number of nitrogens with one attached hydrogen (secondary N) is 1. The van der Waals surface area contributed by atoms with Crippen LogP contribution in [0, 0.1) is 5.41 Å². The van der Waals surface area contributed by atoms with Gasteiger partial charge in [0.25, 0.3) is 0 Å². The fraction of sp³-hybridized carbons (Fsp3) is 0.500. The Balaban J connectivity index is 2.83. The number of amides is 1. The van der Waals surface area contributed by atoms with E-state index in [2.05, 4.69) is 12.2 Å². The standard InChI is InChI=1S/C14H22N2O/c1-5-10-7-8-11(9-12(10)15)16-13(17)14(3,4)6-2/h7-9H,5-6,15H2,1-4H3,(H,16,17). The minimum Gasteiger partial charge on any atom is -0.398 e. The molecule has 1 amide bonds. The highest BCUT2D eigenvalue weighted by Crippen LogP contribution is 2.24. The van der Waals surface area contributed by atoms with Crippen LogP contribution in [-0.4, -0.2) is 5.91 Å². The Hall–Kier alpha value is -1.51. The molecule has 0 saturated carbocycles. The van der Waals surface area contributed by atoms with Gasteiger partial charge in [0.2, 0.25) is 5.91 Å². The number of anilines is 2. The molecule has 1 rings (SSSR count). The summed E-state index contributed by atoms with van der Waals surface area (Å²) in [6.45, 7) is 7.94. The summed E-state index contributed by atoms with van der Waals surface area (Å²) in [5.41, 5.74) is 8.16. The lowest BCUT2D eigenvalue weighted by Gasteiger charge is -2.21. The number of aryl methyl sites for hydroxylation is 1. The minimum atomic E-state index is -0.349. The van der Waals surface area contributed by atoms with Crippen molar-refractivity contribution in [2.75, 3.05) is 11.1 Å². The predicted octanol–water partition coefficient (Wildman–Crippen LogP) is 3.21. The molecular formula is C14H22N2O. The van der Waals surface area contributed by atoms with Gasteiger partial charge in [-0.1, -0.05) is 33.8 Å². The lowest BCUT2D eigenvalue weighted by Crippen LogP contribution is -2.30. The van der Waals surface area contributed by atoms with Gasteiger partial charge in [-0.3, -0.25) is 4.79 Å². The molecule has 17 heavy (non-hydrogen) atoms. The molecule has 94 valence electrons. The monoisotopic (exact) mass is 234 g/mol. The molecule has 0 unspecified atom stereocenters. The topological polar surface area (TPSA) is 55.1 Å². The van der Waals surface area contributed by atoms with E-state index in [1.165, 1.54) is 0 Å². The van der Waals surface area contributed by atoms with Crippen molar-refractivity contribution in [1.82, 2.24) is 0 Å². The first-order valence-electron chi connectivity index (χ1n) is 6.10. The van der Waals surface area contributed by atoms with Crippen LogP contribution in [0.25, 0.3) is 0 Å². The van der Waals surface area contributed by atoms with Crippen LogP contribution in [-0.2, 0) is 11.2 Å². The molecule has 0 fully saturated rings. The molecule has 1 aromatic rings. The Morgan fingerprint density at radius 3 is 2.47 bits per heavy atom. The average molecular weight is 234 g/mol. The van der Waals surface area contributed by atoms with Crippen molar-refractivity contribution in [3.05, 3.63) is 23.8 Å². The molecule has 0 saturated heterocycles. The van der Waals surface area contributed by atoms with E-state index in [1.807, 2.05) is 39.0 Å². The highest BCUT2D eigenvalue weighted by Gasteiger charge is 2.25. The zero-order valence-electron chi connectivity index (χ0n) is 11.1. The lowest BCUT2D eigenvalue weighted by atomic mass is 9.89. The molecule has 0 aliphatic rings. The van der Waals surface area contributed by atoms with Crippen LogP contribution < -0.4 is 11.1 Å². The van der Waals surface area contributed by atoms with Crippen molar-refractivity contribution in [2.45, 2.75) is 40.5 Å². The number of carbonyl (C=O) groups is 1. The molecule has 0 spiro atoms. The summed E-state index contributed by atoms with van der Waals surface area (Å²) in [5.74, 6) is 0.0312. The smallest absolute Gasteiger partial charge is 0.230 e. The van der Waals surface area contributed by atoms with Gasteiger partial charge in [-0.25, -0.2) is 0 Å². The van der Waals surface area contributed by atoms with Crippen LogP contribution in [0.15, 0.2) is 18.2 Å². The maximum Gasteiger partial charge on any atom is 0.230 e. The highest BCUT2D eigenvalue weighted by atomic mass is 16.2. The van der Waals surface area contributed by atoms with Gasteiger partial charge in [-0.05, 0) is 30.5 Å². The summed E-state index contributed by atoms with van der Waals surface area (Å²) in [7, 11) is 0. The van der Waals surface area contributed by atoms with E-state index in [1.54, 1.807) is 0 Å². The second-order valence-electron chi connectivity index (χ2n) is 4.96. The number of rotatable bonds is 4. The van der Waals surface area contributed by atoms with E-state index >= 15 is 0 Å². The number of carbonyl (C=O) groups excluding carboxylic acids is 1. The summed E-state index contributed by atoms with van der Waals surface area (Å²) in [6, 6.07) is 5.69. The molecule has 0 aliphatic heterocycles. The van der Waals surface area contributed by atoms with Gasteiger partial charge >= 0.3 is 0 Å². The summed E-state index contributed by atoms with van der Waals surface area (Å²) in [4.78, 5) is 12.0. The third kappa shape index (κ3) is 3.22. The summed E-state index contributed by atoms with van der Waals surface area (Å²) in [6.07, 6.45) is 1.71. The number of benzene rings is 1. The van der Waals surface area contributed by atoms with Crippen LogP contribution >= 0.6 is 0 Å². The zero-order chi connectivity index (χ0) is 13.1. The molecule has 3 heteroatoms. The van der Waals surface area contributed by atoms with E-state index in [-0.39, 0.29) is 11.3 Å². The summed E-state index contributed by atoms with van der Waals surface area (Å²) < 4.78 is 0. The predicted molar refractivity (Wildman–Crippen MR) is 72.9 cm³/mol. The van der Waals surface area contributed by atoms with Crippen LogP contribution in [0.4, 0.5) is 11.4 Å². The molecule has 0 atom stereocenters. The molecule has 0 heterocycles. The Labute approximate surface area is 103 Å². The molecule has 1 aromatic carbocycles. The van der Waals surface area contributed by atoms with Gasteiger partial charge in [0.05, 0.1) is 0 Å². The summed E-state index contributed by atoms with van der Waals surface area (Å²) >= 11 is 0. The molecule has 0 aromatic heterocycles. The molecule has 0 aliphatic carbocycles. The van der Waals surface area contributed by atoms with Gasteiger partial charge < -0.3 is 11.1 Å². The van der Waals surface area contributed by atoms with E-state index in [0.717, 1.165) is 29.8 Å². The van der Waals surface area contributed by atoms with E-state index in [0.29, 0.717) is 0 Å². The van der Waals surface area contributed by atoms with Crippen LogP contribution in [0.2, 0.25) is 0 Å². The van der Waals surface area contributed by atoms with Crippen LogP contribution in [0.1, 0.15) is 39.7 Å². The first-order valence-corrected chi connectivity index (χ1v) is 6.10. The van der Waals surface area contributed by atoms with Crippen molar-refractivity contribution in [2.24, 2.45) is 5.41 Å². The quantitative estimate of drug-likeness (QED) is 0.786. The maximum absolute atomic E-state index is 12.0. The first-order chi connectivity index (χ1) is 7.90. The Bertz CT molecular complexity index is 411. The SMILES string of the molecule is CCc1ccc(NC(=O)C(C)(C)CC)cc1N. The number of hydrogen-bond donors (Lipinski definition) is 2. The maximum atomic E-state index is 12.0. The van der Waals surface area contributed by atoms with E-state index in [4.69, 9.17) is 5.73 Å². The van der Waals surface area contributed by atoms with Crippen molar-refractivity contribution in [1.29, 1.82) is 0 Å². The van der Waals surface area contributed by atoms with Gasteiger partial charge in [0, 0.05) is 16.8 Å². The van der Waals surface area contributed by atoms with Gasteiger partial charge in [-0.15, -0.1) is 0 Å². The van der Waals surface area contributed by atoms with Gasteiger partial charge in [-0.2, -0.15) is 0 Å². The molecule has 3 N–H and O–H groups in total. The van der Waals surface area contributed by atoms with Crippen LogP contribution in [0.5, 0.6) is 0 Å².